The number of carbonyl (C=O) groups excluding carboxylic acids is 1. The molecule has 1 aromatic carbocycles. The van der Waals surface area contributed by atoms with Crippen molar-refractivity contribution in [2.75, 3.05) is 21.3 Å². The highest BCUT2D eigenvalue weighted by Gasteiger charge is 2.22. The normalized spacial score (nSPS) is 10.7. The molecule has 3 aromatic rings. The van der Waals surface area contributed by atoms with Gasteiger partial charge in [-0.15, -0.1) is 0 Å². The second kappa shape index (κ2) is 9.30. The summed E-state index contributed by atoms with van der Waals surface area (Å²) in [6, 6.07) is 9.11. The lowest BCUT2D eigenvalue weighted by Crippen LogP contribution is -2.24. The van der Waals surface area contributed by atoms with Gasteiger partial charge in [0.2, 0.25) is 0 Å². The highest BCUT2D eigenvalue weighted by molar-refractivity contribution is 5.95. The van der Waals surface area contributed by atoms with Gasteiger partial charge in [-0.05, 0) is 24.1 Å². The van der Waals surface area contributed by atoms with Crippen LogP contribution < -0.4 is 19.5 Å². The molecule has 0 saturated carbocycles. The van der Waals surface area contributed by atoms with Crippen molar-refractivity contribution in [1.29, 1.82) is 0 Å². The predicted molar refractivity (Wildman–Crippen MR) is 113 cm³/mol. The average Bonchev–Trinajstić information content (AvgIpc) is 3.23. The number of nitrogens with one attached hydrogen (secondary N) is 1. The number of amides is 1. The maximum atomic E-state index is 13.0. The molecule has 0 radical (unpaired) electrons. The molecule has 0 spiro atoms. The summed E-state index contributed by atoms with van der Waals surface area (Å²) >= 11 is 0. The van der Waals surface area contributed by atoms with Gasteiger partial charge in [-0.3, -0.25) is 4.79 Å². The van der Waals surface area contributed by atoms with Crippen molar-refractivity contribution >= 4 is 5.91 Å². The van der Waals surface area contributed by atoms with E-state index in [2.05, 4.69) is 15.4 Å². The average molecular weight is 410 g/mol. The molecule has 0 atom stereocenters. The van der Waals surface area contributed by atoms with E-state index >= 15 is 0 Å². The lowest BCUT2D eigenvalue weighted by Gasteiger charge is -2.15. The van der Waals surface area contributed by atoms with Crippen LogP contribution in [0.1, 0.15) is 41.4 Å². The van der Waals surface area contributed by atoms with Crippen LogP contribution in [0.4, 0.5) is 0 Å². The highest BCUT2D eigenvalue weighted by Crippen LogP contribution is 2.34. The van der Waals surface area contributed by atoms with Crippen LogP contribution in [0, 0.1) is 0 Å². The van der Waals surface area contributed by atoms with E-state index in [0.717, 1.165) is 11.3 Å². The Kier molecular flexibility index (Phi) is 6.56. The van der Waals surface area contributed by atoms with Crippen LogP contribution in [0.3, 0.4) is 0 Å². The van der Waals surface area contributed by atoms with Crippen molar-refractivity contribution in [3.63, 3.8) is 0 Å². The number of methoxy groups -OCH3 is 3. The van der Waals surface area contributed by atoms with Gasteiger partial charge in [0.1, 0.15) is 5.75 Å². The van der Waals surface area contributed by atoms with Gasteiger partial charge in [0, 0.05) is 24.4 Å². The molecule has 3 rings (SSSR count). The van der Waals surface area contributed by atoms with Crippen LogP contribution in [-0.2, 0) is 6.54 Å². The number of ether oxygens (including phenoxy) is 3. The number of rotatable bonds is 8. The number of carbonyl (C=O) groups is 1. The molecule has 30 heavy (non-hydrogen) atoms. The smallest absolute Gasteiger partial charge is 0.255 e. The van der Waals surface area contributed by atoms with E-state index in [1.54, 1.807) is 50.5 Å². The van der Waals surface area contributed by atoms with Gasteiger partial charge >= 0.3 is 0 Å². The molecule has 0 fully saturated rings. The molecule has 158 valence electrons. The molecule has 0 saturated heterocycles. The van der Waals surface area contributed by atoms with Crippen LogP contribution >= 0.6 is 0 Å². The third kappa shape index (κ3) is 4.22. The molecule has 8 nitrogen and oxygen atoms in total. The molecule has 0 bridgehead atoms. The molecule has 2 heterocycles. The highest BCUT2D eigenvalue weighted by atomic mass is 16.5. The number of hydrogen-bond acceptors (Lipinski definition) is 6. The summed E-state index contributed by atoms with van der Waals surface area (Å²) in [6.07, 6.45) is 3.27. The largest absolute Gasteiger partial charge is 0.496 e. The number of nitrogens with zero attached hydrogens (tertiary/aromatic N) is 3. The van der Waals surface area contributed by atoms with E-state index in [4.69, 9.17) is 14.2 Å². The lowest BCUT2D eigenvalue weighted by molar-refractivity contribution is 0.0949. The van der Waals surface area contributed by atoms with Crippen molar-refractivity contribution in [2.45, 2.75) is 26.3 Å². The number of hydrogen-bond donors (Lipinski definition) is 1. The van der Waals surface area contributed by atoms with Crippen molar-refractivity contribution in [3.8, 4) is 23.1 Å². The van der Waals surface area contributed by atoms with E-state index in [9.17, 15) is 4.79 Å². The van der Waals surface area contributed by atoms with E-state index in [-0.39, 0.29) is 18.4 Å². The maximum Gasteiger partial charge on any atom is 0.255 e. The zero-order chi connectivity index (χ0) is 21.7. The third-order valence-corrected chi connectivity index (χ3v) is 4.69. The van der Waals surface area contributed by atoms with Gasteiger partial charge in [0.05, 0.1) is 38.8 Å². The summed E-state index contributed by atoms with van der Waals surface area (Å²) in [5.74, 6) is 2.24. The minimum atomic E-state index is -0.224. The quantitative estimate of drug-likeness (QED) is 0.613. The Balaban J connectivity index is 1.86. The Labute approximate surface area is 175 Å². The summed E-state index contributed by atoms with van der Waals surface area (Å²) in [7, 11) is 4.69. The molecule has 8 heteroatoms. The van der Waals surface area contributed by atoms with E-state index < -0.39 is 0 Å². The molecule has 2 aromatic heterocycles. The molecule has 1 amide bonds. The first-order valence-corrected chi connectivity index (χ1v) is 9.56. The minimum absolute atomic E-state index is 0.0749. The fraction of sp³-hybridized carbons (Fsp3) is 0.318. The monoisotopic (exact) mass is 410 g/mol. The maximum absolute atomic E-state index is 13.0. The summed E-state index contributed by atoms with van der Waals surface area (Å²) in [6.45, 7) is 4.30. The molecule has 0 aliphatic carbocycles. The summed E-state index contributed by atoms with van der Waals surface area (Å²) in [4.78, 5) is 17.3. The first-order valence-electron chi connectivity index (χ1n) is 9.56. The van der Waals surface area contributed by atoms with Gasteiger partial charge in [0.15, 0.2) is 17.3 Å². The van der Waals surface area contributed by atoms with Crippen molar-refractivity contribution in [3.05, 3.63) is 59.5 Å². The zero-order valence-corrected chi connectivity index (χ0v) is 17.8. The van der Waals surface area contributed by atoms with E-state index in [1.165, 1.54) is 0 Å². The summed E-state index contributed by atoms with van der Waals surface area (Å²) in [5, 5.41) is 7.35. The Morgan fingerprint density at radius 2 is 1.77 bits per heavy atom. The Morgan fingerprint density at radius 3 is 2.37 bits per heavy atom. The van der Waals surface area contributed by atoms with Gasteiger partial charge in [-0.25, -0.2) is 9.67 Å². The Hall–Kier alpha value is -3.55. The van der Waals surface area contributed by atoms with Crippen LogP contribution in [-0.4, -0.2) is 42.0 Å². The fourth-order valence-electron chi connectivity index (χ4n) is 3.25. The van der Waals surface area contributed by atoms with Crippen molar-refractivity contribution < 1.29 is 19.0 Å². The second-order valence-electron chi connectivity index (χ2n) is 6.90. The van der Waals surface area contributed by atoms with Gasteiger partial charge in [0.25, 0.3) is 5.91 Å². The first kappa shape index (κ1) is 21.2. The van der Waals surface area contributed by atoms with Gasteiger partial charge in [-0.1, -0.05) is 19.9 Å². The minimum Gasteiger partial charge on any atom is -0.496 e. The molecule has 0 aliphatic heterocycles. The Morgan fingerprint density at radius 1 is 1.07 bits per heavy atom. The van der Waals surface area contributed by atoms with Crippen molar-refractivity contribution in [1.82, 2.24) is 20.1 Å². The molecular formula is C22H26N4O4. The van der Waals surface area contributed by atoms with Crippen LogP contribution in [0.15, 0.2) is 42.7 Å². The van der Waals surface area contributed by atoms with E-state index in [0.29, 0.717) is 28.6 Å². The van der Waals surface area contributed by atoms with Crippen molar-refractivity contribution in [2.24, 2.45) is 0 Å². The van der Waals surface area contributed by atoms with Gasteiger partial charge in [-0.2, -0.15) is 5.10 Å². The lowest BCUT2D eigenvalue weighted by atomic mass is 10.1. The molecule has 0 unspecified atom stereocenters. The molecule has 0 aliphatic rings. The summed E-state index contributed by atoms with van der Waals surface area (Å²) in [5.41, 5.74) is 2.08. The number of aromatic nitrogens is 3. The second-order valence-corrected chi connectivity index (χ2v) is 6.90. The van der Waals surface area contributed by atoms with Gasteiger partial charge < -0.3 is 19.5 Å². The first-order chi connectivity index (χ1) is 14.5. The third-order valence-electron chi connectivity index (χ3n) is 4.69. The van der Waals surface area contributed by atoms with E-state index in [1.807, 2.05) is 32.0 Å². The van der Waals surface area contributed by atoms with Crippen LogP contribution in [0.2, 0.25) is 0 Å². The number of benzene rings is 1. The standard InChI is InChI=1S/C22H26N4O4/c1-14(2)21-16(13-25-26(21)20-8-6-7-9-23-20)22(27)24-12-15-10-18(29-4)19(30-5)11-17(15)28-3/h6-11,13-14H,12H2,1-5H3,(H,24,27). The topological polar surface area (TPSA) is 87.5 Å². The molecular weight excluding hydrogens is 384 g/mol. The predicted octanol–water partition coefficient (Wildman–Crippen LogP) is 3.35. The van der Waals surface area contributed by atoms with Crippen LogP contribution in [0.25, 0.3) is 5.82 Å². The summed E-state index contributed by atoms with van der Waals surface area (Å²) < 4.78 is 17.8. The SMILES string of the molecule is COc1cc(OC)c(OC)cc1CNC(=O)c1cnn(-c2ccccn2)c1C(C)C. The zero-order valence-electron chi connectivity index (χ0n) is 17.8. The molecule has 1 N–H and O–H groups in total. The number of pyridine rings is 1. The Bertz CT molecular complexity index is 1020. The fourth-order valence-corrected chi connectivity index (χ4v) is 3.25. The van der Waals surface area contributed by atoms with Crippen LogP contribution in [0.5, 0.6) is 17.2 Å².